The molecule has 2 aliphatic rings. The van der Waals surface area contributed by atoms with Crippen LogP contribution in [0.3, 0.4) is 0 Å². The summed E-state index contributed by atoms with van der Waals surface area (Å²) in [5.41, 5.74) is 5.84. The fraction of sp³-hybridized carbons (Fsp3) is 0.692. The van der Waals surface area contributed by atoms with Crippen molar-refractivity contribution in [2.75, 3.05) is 20.3 Å². The van der Waals surface area contributed by atoms with Crippen molar-refractivity contribution in [3.63, 3.8) is 0 Å². The highest BCUT2D eigenvalue weighted by Crippen LogP contribution is 2.32. The summed E-state index contributed by atoms with van der Waals surface area (Å²) in [6, 6.07) is -0.0367. The SMILES string of the molecule is COC1(CC2CCOCC2)C=CC=CC1N. The molecule has 0 aromatic heterocycles. The minimum absolute atomic E-state index is 0.0367. The lowest BCUT2D eigenvalue weighted by Crippen LogP contribution is -2.49. The van der Waals surface area contributed by atoms with Gasteiger partial charge in [-0.05, 0) is 25.2 Å². The van der Waals surface area contributed by atoms with Crippen molar-refractivity contribution in [1.82, 2.24) is 0 Å². The minimum Gasteiger partial charge on any atom is -0.381 e. The van der Waals surface area contributed by atoms with Crippen LogP contribution in [0.1, 0.15) is 19.3 Å². The van der Waals surface area contributed by atoms with Crippen molar-refractivity contribution >= 4 is 0 Å². The first-order valence-electron chi connectivity index (χ1n) is 6.01. The average Bonchev–Trinajstić information content (AvgIpc) is 2.34. The van der Waals surface area contributed by atoms with Crippen LogP contribution in [0.15, 0.2) is 24.3 Å². The van der Waals surface area contributed by atoms with Crippen LogP contribution in [0.2, 0.25) is 0 Å². The molecular formula is C13H21NO2. The molecule has 16 heavy (non-hydrogen) atoms. The summed E-state index contributed by atoms with van der Waals surface area (Å²) in [4.78, 5) is 0. The summed E-state index contributed by atoms with van der Waals surface area (Å²) in [6.45, 7) is 1.75. The van der Waals surface area contributed by atoms with Crippen molar-refractivity contribution in [2.24, 2.45) is 11.7 Å². The molecule has 1 fully saturated rings. The normalized spacial score (nSPS) is 35.5. The number of allylic oxidation sites excluding steroid dienone is 2. The summed E-state index contributed by atoms with van der Waals surface area (Å²) in [6.07, 6.45) is 11.4. The molecule has 3 nitrogen and oxygen atoms in total. The lowest BCUT2D eigenvalue weighted by atomic mass is 9.79. The monoisotopic (exact) mass is 223 g/mol. The van der Waals surface area contributed by atoms with Gasteiger partial charge in [0, 0.05) is 20.3 Å². The predicted octanol–water partition coefficient (Wildman–Crippen LogP) is 1.64. The quantitative estimate of drug-likeness (QED) is 0.791. The van der Waals surface area contributed by atoms with E-state index in [1.165, 1.54) is 0 Å². The van der Waals surface area contributed by atoms with Gasteiger partial charge in [0.05, 0.1) is 6.04 Å². The van der Waals surface area contributed by atoms with Crippen LogP contribution in [0, 0.1) is 5.92 Å². The van der Waals surface area contributed by atoms with Crippen molar-refractivity contribution in [2.45, 2.75) is 30.9 Å². The van der Waals surface area contributed by atoms with Crippen molar-refractivity contribution in [3.05, 3.63) is 24.3 Å². The molecule has 2 unspecified atom stereocenters. The molecule has 1 saturated heterocycles. The fourth-order valence-electron chi connectivity index (χ4n) is 2.57. The lowest BCUT2D eigenvalue weighted by molar-refractivity contribution is -0.0199. The van der Waals surface area contributed by atoms with Gasteiger partial charge < -0.3 is 15.2 Å². The molecule has 1 aliphatic carbocycles. The number of methoxy groups -OCH3 is 1. The molecule has 0 saturated carbocycles. The second kappa shape index (κ2) is 5.13. The molecule has 0 aromatic rings. The van der Waals surface area contributed by atoms with E-state index in [0.717, 1.165) is 32.5 Å². The highest BCUT2D eigenvalue weighted by Gasteiger charge is 2.36. The van der Waals surface area contributed by atoms with Crippen LogP contribution < -0.4 is 5.73 Å². The van der Waals surface area contributed by atoms with Gasteiger partial charge in [-0.3, -0.25) is 0 Å². The second-order valence-corrected chi connectivity index (χ2v) is 4.69. The van der Waals surface area contributed by atoms with E-state index in [1.54, 1.807) is 7.11 Å². The largest absolute Gasteiger partial charge is 0.381 e. The molecule has 0 amide bonds. The first-order valence-corrected chi connectivity index (χ1v) is 6.01. The Hall–Kier alpha value is -0.640. The van der Waals surface area contributed by atoms with Gasteiger partial charge in [0.25, 0.3) is 0 Å². The molecular weight excluding hydrogens is 202 g/mol. The maximum atomic E-state index is 6.15. The topological polar surface area (TPSA) is 44.5 Å². The van der Waals surface area contributed by atoms with Crippen LogP contribution in [0.25, 0.3) is 0 Å². The van der Waals surface area contributed by atoms with E-state index in [9.17, 15) is 0 Å². The van der Waals surface area contributed by atoms with Gasteiger partial charge >= 0.3 is 0 Å². The van der Waals surface area contributed by atoms with Crippen LogP contribution in [0.5, 0.6) is 0 Å². The average molecular weight is 223 g/mol. The predicted molar refractivity (Wildman–Crippen MR) is 64.2 cm³/mol. The third-order valence-electron chi connectivity index (χ3n) is 3.70. The first-order chi connectivity index (χ1) is 7.77. The van der Waals surface area contributed by atoms with E-state index in [0.29, 0.717) is 5.92 Å². The third-order valence-corrected chi connectivity index (χ3v) is 3.70. The van der Waals surface area contributed by atoms with Gasteiger partial charge in [-0.15, -0.1) is 0 Å². The zero-order chi connectivity index (χ0) is 11.4. The van der Waals surface area contributed by atoms with E-state index in [4.69, 9.17) is 15.2 Å². The second-order valence-electron chi connectivity index (χ2n) is 4.69. The zero-order valence-corrected chi connectivity index (χ0v) is 9.89. The Labute approximate surface area is 97.3 Å². The molecule has 1 aliphatic heterocycles. The van der Waals surface area contributed by atoms with Crippen LogP contribution in [0.4, 0.5) is 0 Å². The van der Waals surface area contributed by atoms with E-state index < -0.39 is 0 Å². The molecule has 90 valence electrons. The van der Waals surface area contributed by atoms with E-state index in [-0.39, 0.29) is 11.6 Å². The van der Waals surface area contributed by atoms with Crippen molar-refractivity contribution < 1.29 is 9.47 Å². The van der Waals surface area contributed by atoms with Crippen LogP contribution >= 0.6 is 0 Å². The van der Waals surface area contributed by atoms with Crippen molar-refractivity contribution in [3.8, 4) is 0 Å². The minimum atomic E-state index is -0.309. The molecule has 0 bridgehead atoms. The third kappa shape index (κ3) is 2.37. The summed E-state index contributed by atoms with van der Waals surface area (Å²) >= 11 is 0. The van der Waals surface area contributed by atoms with Crippen LogP contribution in [-0.4, -0.2) is 32.0 Å². The molecule has 0 radical (unpaired) electrons. The Bertz CT molecular complexity index is 282. The van der Waals surface area contributed by atoms with E-state index in [1.807, 2.05) is 18.2 Å². The molecule has 2 N–H and O–H groups in total. The van der Waals surface area contributed by atoms with Crippen LogP contribution in [-0.2, 0) is 9.47 Å². The van der Waals surface area contributed by atoms with Crippen molar-refractivity contribution in [1.29, 1.82) is 0 Å². The number of hydrogen-bond acceptors (Lipinski definition) is 3. The van der Waals surface area contributed by atoms with E-state index in [2.05, 4.69) is 6.08 Å². The maximum Gasteiger partial charge on any atom is 0.105 e. The standard InChI is InChI=1S/C13H21NO2/c1-15-13(7-3-2-4-12(13)14)10-11-5-8-16-9-6-11/h2-4,7,11-12H,5-6,8-10,14H2,1H3. The number of ether oxygens (including phenoxy) is 2. The lowest BCUT2D eigenvalue weighted by Gasteiger charge is -2.39. The molecule has 3 heteroatoms. The van der Waals surface area contributed by atoms with Gasteiger partial charge in [0.2, 0.25) is 0 Å². The number of rotatable bonds is 3. The Kier molecular flexibility index (Phi) is 3.79. The summed E-state index contributed by atoms with van der Waals surface area (Å²) in [7, 11) is 1.75. The molecule has 2 rings (SSSR count). The highest BCUT2D eigenvalue weighted by atomic mass is 16.5. The van der Waals surface area contributed by atoms with Gasteiger partial charge in [0.1, 0.15) is 5.60 Å². The Morgan fingerprint density at radius 2 is 2.12 bits per heavy atom. The Morgan fingerprint density at radius 1 is 1.38 bits per heavy atom. The maximum absolute atomic E-state index is 6.15. The van der Waals surface area contributed by atoms with Gasteiger partial charge in [0.15, 0.2) is 0 Å². The van der Waals surface area contributed by atoms with E-state index >= 15 is 0 Å². The van der Waals surface area contributed by atoms with Gasteiger partial charge in [-0.2, -0.15) is 0 Å². The zero-order valence-electron chi connectivity index (χ0n) is 9.89. The Morgan fingerprint density at radius 3 is 2.75 bits per heavy atom. The molecule has 0 spiro atoms. The van der Waals surface area contributed by atoms with Gasteiger partial charge in [-0.1, -0.05) is 24.3 Å². The summed E-state index contributed by atoms with van der Waals surface area (Å²) < 4.78 is 11.1. The summed E-state index contributed by atoms with van der Waals surface area (Å²) in [5, 5.41) is 0. The molecule has 2 atom stereocenters. The Balaban J connectivity index is 2.03. The van der Waals surface area contributed by atoms with Gasteiger partial charge in [-0.25, -0.2) is 0 Å². The number of hydrogen-bond donors (Lipinski definition) is 1. The summed E-state index contributed by atoms with van der Waals surface area (Å²) in [5.74, 6) is 0.663. The molecule has 1 heterocycles. The molecule has 0 aromatic carbocycles. The fourth-order valence-corrected chi connectivity index (χ4v) is 2.57. The smallest absolute Gasteiger partial charge is 0.105 e. The number of nitrogens with two attached hydrogens (primary N) is 1. The highest BCUT2D eigenvalue weighted by molar-refractivity contribution is 5.24. The first kappa shape index (κ1) is 11.8.